The number of ketones is 1. The second-order valence-electron chi connectivity index (χ2n) is 7.94. The van der Waals surface area contributed by atoms with Crippen LogP contribution in [0.5, 0.6) is 11.5 Å². The summed E-state index contributed by atoms with van der Waals surface area (Å²) in [6, 6.07) is 6.30. The Bertz CT molecular complexity index is 1120. The number of unbranched alkanes of at least 4 members (excludes halogenated alkanes) is 2. The molecule has 3 rings (SSSR count). The molecule has 0 radical (unpaired) electrons. The molecule has 1 aliphatic heterocycles. The molecule has 1 aromatic carbocycles. The summed E-state index contributed by atoms with van der Waals surface area (Å²) in [6.45, 7) is 4.55. The van der Waals surface area contributed by atoms with Crippen molar-refractivity contribution >= 4 is 21.8 Å². The molecule has 1 aliphatic rings. The number of esters is 1. The summed E-state index contributed by atoms with van der Waals surface area (Å²) in [5, 5.41) is 0. The quantitative estimate of drug-likeness (QED) is 0.300. The molecule has 0 spiro atoms. The molecule has 33 heavy (non-hydrogen) atoms. The van der Waals surface area contributed by atoms with Crippen LogP contribution in [0.25, 0.3) is 0 Å². The minimum Gasteiger partial charge on any atom is -0.486 e. The van der Waals surface area contributed by atoms with Crippen LogP contribution in [-0.4, -0.2) is 51.1 Å². The molecular weight excluding hydrogens is 448 g/mol. The Labute approximate surface area is 194 Å². The van der Waals surface area contributed by atoms with Crippen LogP contribution < -0.4 is 14.2 Å². The van der Waals surface area contributed by atoms with E-state index in [0.717, 1.165) is 11.4 Å². The van der Waals surface area contributed by atoms with Gasteiger partial charge in [0.25, 0.3) is 0 Å². The van der Waals surface area contributed by atoms with Gasteiger partial charge in [-0.1, -0.05) is 6.42 Å². The van der Waals surface area contributed by atoms with Crippen molar-refractivity contribution in [2.75, 3.05) is 26.4 Å². The van der Waals surface area contributed by atoms with E-state index in [1.165, 1.54) is 12.1 Å². The normalized spacial score (nSPS) is 13.1. The van der Waals surface area contributed by atoms with Crippen LogP contribution in [0.1, 0.15) is 47.4 Å². The van der Waals surface area contributed by atoms with Gasteiger partial charge in [-0.2, -0.15) is 0 Å². The first-order valence-corrected chi connectivity index (χ1v) is 12.4. The number of carbonyl (C=O) groups is 2. The van der Waals surface area contributed by atoms with Crippen molar-refractivity contribution in [1.82, 2.24) is 9.29 Å². The lowest BCUT2D eigenvalue weighted by molar-refractivity contribution is -0.142. The van der Waals surface area contributed by atoms with Gasteiger partial charge < -0.3 is 18.8 Å². The maximum absolute atomic E-state index is 12.5. The molecule has 9 nitrogen and oxygen atoms in total. The van der Waals surface area contributed by atoms with Crippen molar-refractivity contribution in [1.29, 1.82) is 0 Å². The zero-order valence-corrected chi connectivity index (χ0v) is 20.0. The molecule has 2 heterocycles. The molecule has 10 heteroatoms. The zero-order valence-electron chi connectivity index (χ0n) is 19.2. The Morgan fingerprint density at radius 3 is 2.48 bits per heavy atom. The fraction of sp³-hybridized carbons (Fsp3) is 0.478. The molecule has 0 saturated carbocycles. The Morgan fingerprint density at radius 2 is 1.79 bits per heavy atom. The number of nitrogens with one attached hydrogen (secondary N) is 1. The van der Waals surface area contributed by atoms with E-state index in [1.807, 2.05) is 25.5 Å². The third-order valence-corrected chi connectivity index (χ3v) is 7.07. The lowest BCUT2D eigenvalue weighted by Crippen LogP contribution is -2.25. The number of benzene rings is 1. The number of ether oxygens (including phenoxy) is 3. The molecule has 0 fully saturated rings. The summed E-state index contributed by atoms with van der Waals surface area (Å²) < 4.78 is 45.3. The van der Waals surface area contributed by atoms with Gasteiger partial charge in [-0.25, -0.2) is 13.1 Å². The first-order chi connectivity index (χ1) is 15.7. The molecule has 180 valence electrons. The molecular formula is C23H30N2O7S. The average molecular weight is 479 g/mol. The second kappa shape index (κ2) is 10.8. The minimum atomic E-state index is -3.66. The lowest BCUT2D eigenvalue weighted by atomic mass is 10.1. The summed E-state index contributed by atoms with van der Waals surface area (Å²) in [5.41, 5.74) is 2.37. The molecule has 0 atom stereocenters. The highest BCUT2D eigenvalue weighted by molar-refractivity contribution is 7.89. The van der Waals surface area contributed by atoms with Crippen molar-refractivity contribution in [2.45, 2.75) is 44.4 Å². The van der Waals surface area contributed by atoms with Crippen molar-refractivity contribution < 1.29 is 32.2 Å². The fourth-order valence-corrected chi connectivity index (χ4v) is 4.57. The van der Waals surface area contributed by atoms with E-state index >= 15 is 0 Å². The molecule has 0 saturated heterocycles. The number of aromatic nitrogens is 1. The van der Waals surface area contributed by atoms with Crippen LogP contribution >= 0.6 is 0 Å². The van der Waals surface area contributed by atoms with Gasteiger partial charge in [-0.3, -0.25) is 9.59 Å². The molecule has 1 N–H and O–H groups in total. The van der Waals surface area contributed by atoms with Crippen molar-refractivity contribution in [3.8, 4) is 11.5 Å². The largest absolute Gasteiger partial charge is 0.486 e. The van der Waals surface area contributed by atoms with Gasteiger partial charge in [0.15, 0.2) is 18.1 Å². The predicted octanol–water partition coefficient (Wildman–Crippen LogP) is 2.68. The van der Waals surface area contributed by atoms with Gasteiger partial charge in [0.05, 0.1) is 4.90 Å². The standard InChI is InChI=1S/C23H30N2O7S/c1-16-13-19(17(2)25(16)3)20(26)15-32-23(27)7-5-4-6-10-24-33(28,29)18-8-9-21-22(14-18)31-12-11-30-21/h8-9,13-14,24H,4-7,10-12,15H2,1-3H3. The number of carbonyl (C=O) groups excluding carboxylic acids is 2. The number of Topliss-reactive ketones (excluding diaryl/α,β-unsaturated/α-hetero) is 1. The molecule has 0 aliphatic carbocycles. The van der Waals surface area contributed by atoms with E-state index in [9.17, 15) is 18.0 Å². The predicted molar refractivity (Wildman–Crippen MR) is 121 cm³/mol. The SMILES string of the molecule is Cc1cc(C(=O)COC(=O)CCCCCNS(=O)(=O)c2ccc3c(c2)OCCO3)c(C)n1C. The number of aryl methyl sites for hydroxylation is 1. The fourth-order valence-electron chi connectivity index (χ4n) is 3.49. The summed E-state index contributed by atoms with van der Waals surface area (Å²) in [6.07, 6.45) is 1.93. The highest BCUT2D eigenvalue weighted by Crippen LogP contribution is 2.32. The molecule has 0 amide bonds. The van der Waals surface area contributed by atoms with Gasteiger partial charge in [-0.05, 0) is 44.9 Å². The summed E-state index contributed by atoms with van der Waals surface area (Å²) in [7, 11) is -1.78. The third kappa shape index (κ3) is 6.35. The van der Waals surface area contributed by atoms with Crippen molar-refractivity contribution in [3.05, 3.63) is 41.2 Å². The first kappa shape index (κ1) is 24.8. The van der Waals surface area contributed by atoms with Gasteiger partial charge in [0, 0.05) is 43.0 Å². The third-order valence-electron chi connectivity index (χ3n) is 5.61. The lowest BCUT2D eigenvalue weighted by Gasteiger charge is -2.18. The first-order valence-electron chi connectivity index (χ1n) is 10.9. The Morgan fingerprint density at radius 1 is 1.06 bits per heavy atom. The van der Waals surface area contributed by atoms with E-state index in [-0.39, 0.29) is 30.3 Å². The van der Waals surface area contributed by atoms with E-state index in [4.69, 9.17) is 14.2 Å². The van der Waals surface area contributed by atoms with Crippen LogP contribution in [0, 0.1) is 13.8 Å². The average Bonchev–Trinajstić information content (AvgIpc) is 3.06. The zero-order chi connectivity index (χ0) is 24.0. The van der Waals surface area contributed by atoms with Crippen molar-refractivity contribution in [3.63, 3.8) is 0 Å². The Hall–Kier alpha value is -2.85. The monoisotopic (exact) mass is 478 g/mol. The van der Waals surface area contributed by atoms with Crippen LogP contribution in [0.15, 0.2) is 29.2 Å². The number of hydrogen-bond donors (Lipinski definition) is 1. The van der Waals surface area contributed by atoms with Crippen molar-refractivity contribution in [2.24, 2.45) is 7.05 Å². The Balaban J connectivity index is 1.33. The maximum atomic E-state index is 12.5. The van der Waals surface area contributed by atoms with E-state index in [2.05, 4.69) is 4.72 Å². The maximum Gasteiger partial charge on any atom is 0.306 e. The van der Waals surface area contributed by atoms with E-state index in [1.54, 1.807) is 12.1 Å². The summed E-state index contributed by atoms with van der Waals surface area (Å²) in [4.78, 5) is 24.3. The number of hydrogen-bond acceptors (Lipinski definition) is 7. The van der Waals surface area contributed by atoms with Crippen LogP contribution in [0.4, 0.5) is 0 Å². The smallest absolute Gasteiger partial charge is 0.306 e. The minimum absolute atomic E-state index is 0.115. The van der Waals surface area contributed by atoms with Gasteiger partial charge in [0.1, 0.15) is 13.2 Å². The number of fused-ring (bicyclic) bond motifs is 1. The number of sulfonamides is 1. The summed E-state index contributed by atoms with van der Waals surface area (Å²) in [5.74, 6) is 0.282. The molecule has 2 aromatic rings. The number of rotatable bonds is 11. The number of nitrogens with zero attached hydrogens (tertiary/aromatic N) is 1. The van der Waals surface area contributed by atoms with Gasteiger partial charge in [-0.15, -0.1) is 0 Å². The summed E-state index contributed by atoms with van der Waals surface area (Å²) >= 11 is 0. The van der Waals surface area contributed by atoms with E-state index in [0.29, 0.717) is 49.5 Å². The van der Waals surface area contributed by atoms with Crippen LogP contribution in [-0.2, 0) is 26.6 Å². The topological polar surface area (TPSA) is 113 Å². The molecule has 1 aromatic heterocycles. The van der Waals surface area contributed by atoms with Crippen LogP contribution in [0.3, 0.4) is 0 Å². The van der Waals surface area contributed by atoms with E-state index < -0.39 is 16.0 Å². The van der Waals surface area contributed by atoms with Gasteiger partial charge in [0.2, 0.25) is 15.8 Å². The van der Waals surface area contributed by atoms with Crippen LogP contribution in [0.2, 0.25) is 0 Å². The molecule has 0 bridgehead atoms. The highest BCUT2D eigenvalue weighted by Gasteiger charge is 2.19. The highest BCUT2D eigenvalue weighted by atomic mass is 32.2. The molecule has 0 unspecified atom stereocenters. The van der Waals surface area contributed by atoms with Gasteiger partial charge >= 0.3 is 5.97 Å². The Kier molecular flexibility index (Phi) is 8.15. The second-order valence-corrected chi connectivity index (χ2v) is 9.71.